The Morgan fingerprint density at radius 2 is 2.10 bits per heavy atom. The average Bonchev–Trinajstić information content (AvgIpc) is 2.55. The molecule has 1 aliphatic heterocycles. The number of hydrogen-bond acceptors (Lipinski definition) is 4. The van der Waals surface area contributed by atoms with E-state index in [4.69, 9.17) is 17.0 Å². The van der Waals surface area contributed by atoms with Crippen LogP contribution in [0.25, 0.3) is 0 Å². The summed E-state index contributed by atoms with van der Waals surface area (Å²) in [4.78, 5) is 8.72. The number of hydrogen-bond donors (Lipinski definition) is 1. The van der Waals surface area contributed by atoms with Gasteiger partial charge in [-0.05, 0) is 36.3 Å². The predicted molar refractivity (Wildman–Crippen MR) is 88.2 cm³/mol. The summed E-state index contributed by atoms with van der Waals surface area (Å²) in [6, 6.07) is 4.07. The summed E-state index contributed by atoms with van der Waals surface area (Å²) in [6.45, 7) is 6.68. The molecule has 0 atom stereocenters. The molecule has 6 heteroatoms. The van der Waals surface area contributed by atoms with Gasteiger partial charge in [0.05, 0.1) is 13.2 Å². The summed E-state index contributed by atoms with van der Waals surface area (Å²) in [5, 5.41) is 3.88. The first kappa shape index (κ1) is 16.1. The van der Waals surface area contributed by atoms with E-state index in [9.17, 15) is 0 Å². The van der Waals surface area contributed by atoms with Gasteiger partial charge in [0.25, 0.3) is 0 Å². The monoisotopic (exact) mass is 308 g/mol. The van der Waals surface area contributed by atoms with Crippen molar-refractivity contribution in [1.82, 2.24) is 20.1 Å². The van der Waals surface area contributed by atoms with E-state index in [1.807, 2.05) is 31.6 Å². The lowest BCUT2D eigenvalue weighted by Crippen LogP contribution is -2.41. The van der Waals surface area contributed by atoms with Gasteiger partial charge in [0, 0.05) is 52.2 Å². The third-order valence-electron chi connectivity index (χ3n) is 3.63. The highest BCUT2D eigenvalue weighted by molar-refractivity contribution is 7.80. The predicted octanol–water partition coefficient (Wildman–Crippen LogP) is 1.11. The molecule has 0 spiro atoms. The minimum Gasteiger partial charge on any atom is -0.379 e. The summed E-state index contributed by atoms with van der Waals surface area (Å²) in [5.41, 5.74) is 1.23. The van der Waals surface area contributed by atoms with Gasteiger partial charge >= 0.3 is 0 Å². The fourth-order valence-corrected chi connectivity index (χ4v) is 2.58. The van der Waals surface area contributed by atoms with Crippen LogP contribution in [-0.2, 0) is 11.3 Å². The zero-order valence-electron chi connectivity index (χ0n) is 12.6. The number of aromatic nitrogens is 1. The Bertz CT molecular complexity index is 423. The van der Waals surface area contributed by atoms with Gasteiger partial charge in [0.2, 0.25) is 0 Å². The zero-order chi connectivity index (χ0) is 14.9. The third kappa shape index (κ3) is 5.57. The third-order valence-corrected chi connectivity index (χ3v) is 4.09. The van der Waals surface area contributed by atoms with Gasteiger partial charge in [-0.2, -0.15) is 0 Å². The Morgan fingerprint density at radius 1 is 1.38 bits per heavy atom. The van der Waals surface area contributed by atoms with Crippen molar-refractivity contribution in [2.75, 3.05) is 46.4 Å². The van der Waals surface area contributed by atoms with Crippen LogP contribution >= 0.6 is 12.2 Å². The standard InChI is InChI=1S/C15H24N4OS/c1-16-15(21)19(13-14-3-5-17-6-4-14)8-2-7-18-9-11-20-12-10-18/h3-6H,2,7-13H2,1H3,(H,16,21). The van der Waals surface area contributed by atoms with E-state index in [2.05, 4.69) is 20.1 Å². The Hall–Kier alpha value is -1.24. The molecule has 2 rings (SSSR count). The van der Waals surface area contributed by atoms with Crippen LogP contribution in [-0.4, -0.2) is 66.3 Å². The maximum Gasteiger partial charge on any atom is 0.168 e. The van der Waals surface area contributed by atoms with Crippen molar-refractivity contribution in [3.8, 4) is 0 Å². The molecule has 5 nitrogen and oxygen atoms in total. The van der Waals surface area contributed by atoms with Crippen LogP contribution in [0.3, 0.4) is 0 Å². The topological polar surface area (TPSA) is 40.6 Å². The lowest BCUT2D eigenvalue weighted by molar-refractivity contribution is 0.0367. The van der Waals surface area contributed by atoms with E-state index in [0.717, 1.165) is 57.5 Å². The maximum atomic E-state index is 5.41. The van der Waals surface area contributed by atoms with Crippen LogP contribution in [0.4, 0.5) is 0 Å². The summed E-state index contributed by atoms with van der Waals surface area (Å²) >= 11 is 5.41. The highest BCUT2D eigenvalue weighted by Gasteiger charge is 2.12. The minimum atomic E-state index is 0.800. The molecular weight excluding hydrogens is 284 g/mol. The van der Waals surface area contributed by atoms with Crippen molar-refractivity contribution in [3.63, 3.8) is 0 Å². The maximum absolute atomic E-state index is 5.41. The summed E-state index contributed by atoms with van der Waals surface area (Å²) < 4.78 is 5.37. The molecule has 1 N–H and O–H groups in total. The van der Waals surface area contributed by atoms with E-state index in [-0.39, 0.29) is 0 Å². The Morgan fingerprint density at radius 3 is 2.76 bits per heavy atom. The lowest BCUT2D eigenvalue weighted by Gasteiger charge is -2.29. The van der Waals surface area contributed by atoms with Crippen molar-refractivity contribution in [3.05, 3.63) is 30.1 Å². The van der Waals surface area contributed by atoms with Crippen molar-refractivity contribution < 1.29 is 4.74 Å². The van der Waals surface area contributed by atoms with Crippen LogP contribution in [0.2, 0.25) is 0 Å². The molecule has 0 amide bonds. The van der Waals surface area contributed by atoms with Crippen molar-refractivity contribution >= 4 is 17.3 Å². The number of nitrogens with zero attached hydrogens (tertiary/aromatic N) is 3. The molecule has 0 saturated carbocycles. The number of rotatable bonds is 6. The first-order chi connectivity index (χ1) is 10.3. The molecule has 2 heterocycles. The van der Waals surface area contributed by atoms with Gasteiger partial charge in [-0.3, -0.25) is 9.88 Å². The highest BCUT2D eigenvalue weighted by Crippen LogP contribution is 2.06. The molecule has 116 valence electrons. The second-order valence-corrected chi connectivity index (χ2v) is 5.53. The molecule has 0 aliphatic carbocycles. The first-order valence-electron chi connectivity index (χ1n) is 7.45. The number of thiocarbonyl (C=S) groups is 1. The number of morpholine rings is 1. The Kier molecular flexibility index (Phi) is 6.85. The number of nitrogens with one attached hydrogen (secondary N) is 1. The van der Waals surface area contributed by atoms with E-state index < -0.39 is 0 Å². The summed E-state index contributed by atoms with van der Waals surface area (Å²) in [7, 11) is 1.88. The largest absolute Gasteiger partial charge is 0.379 e. The van der Waals surface area contributed by atoms with Gasteiger partial charge in [-0.1, -0.05) is 0 Å². The molecule has 1 fully saturated rings. The van der Waals surface area contributed by atoms with E-state index in [1.54, 1.807) is 0 Å². The summed E-state index contributed by atoms with van der Waals surface area (Å²) in [5.74, 6) is 0. The van der Waals surface area contributed by atoms with Gasteiger partial charge in [-0.15, -0.1) is 0 Å². The second kappa shape index (κ2) is 8.92. The molecule has 1 aromatic rings. The minimum absolute atomic E-state index is 0.800. The molecule has 0 radical (unpaired) electrons. The molecule has 1 saturated heterocycles. The summed E-state index contributed by atoms with van der Waals surface area (Å²) in [6.07, 6.45) is 4.75. The van der Waals surface area contributed by atoms with Gasteiger partial charge in [0.1, 0.15) is 0 Å². The molecule has 0 unspecified atom stereocenters. The number of ether oxygens (including phenoxy) is 1. The highest BCUT2D eigenvalue weighted by atomic mass is 32.1. The van der Waals surface area contributed by atoms with Crippen LogP contribution < -0.4 is 5.32 Å². The van der Waals surface area contributed by atoms with Crippen molar-refractivity contribution in [2.24, 2.45) is 0 Å². The van der Waals surface area contributed by atoms with E-state index >= 15 is 0 Å². The average molecular weight is 308 g/mol. The fraction of sp³-hybridized carbons (Fsp3) is 0.600. The molecular formula is C15H24N4OS. The van der Waals surface area contributed by atoms with Crippen LogP contribution in [0.5, 0.6) is 0 Å². The van der Waals surface area contributed by atoms with Crippen molar-refractivity contribution in [1.29, 1.82) is 0 Å². The Balaban J connectivity index is 1.80. The van der Waals surface area contributed by atoms with Crippen LogP contribution in [0.1, 0.15) is 12.0 Å². The zero-order valence-corrected chi connectivity index (χ0v) is 13.4. The molecule has 0 bridgehead atoms. The molecule has 21 heavy (non-hydrogen) atoms. The lowest BCUT2D eigenvalue weighted by atomic mass is 10.2. The SMILES string of the molecule is CNC(=S)N(CCCN1CCOCC1)Cc1ccncc1. The van der Waals surface area contributed by atoms with E-state index in [1.165, 1.54) is 5.56 Å². The fourth-order valence-electron chi connectivity index (χ4n) is 2.43. The van der Waals surface area contributed by atoms with Crippen molar-refractivity contribution in [2.45, 2.75) is 13.0 Å². The first-order valence-corrected chi connectivity index (χ1v) is 7.86. The number of pyridine rings is 1. The second-order valence-electron chi connectivity index (χ2n) is 5.14. The van der Waals surface area contributed by atoms with Gasteiger partial charge in [0.15, 0.2) is 5.11 Å². The van der Waals surface area contributed by atoms with E-state index in [0.29, 0.717) is 0 Å². The molecule has 1 aliphatic rings. The van der Waals surface area contributed by atoms with Gasteiger partial charge < -0.3 is 15.0 Å². The van der Waals surface area contributed by atoms with Gasteiger partial charge in [-0.25, -0.2) is 0 Å². The molecule has 1 aromatic heterocycles. The molecule has 0 aromatic carbocycles. The normalized spacial score (nSPS) is 15.7. The van der Waals surface area contributed by atoms with Crippen LogP contribution in [0, 0.1) is 0 Å². The quantitative estimate of drug-likeness (QED) is 0.794. The smallest absolute Gasteiger partial charge is 0.168 e. The van der Waals surface area contributed by atoms with Crippen LogP contribution in [0.15, 0.2) is 24.5 Å². The Labute approximate surface area is 132 Å².